The Kier molecular flexibility index (Phi) is 8.23. The van der Waals surface area contributed by atoms with Gasteiger partial charge in [-0.05, 0) is 49.2 Å². The lowest BCUT2D eigenvalue weighted by atomic mass is 10.0. The van der Waals surface area contributed by atoms with Crippen LogP contribution in [-0.4, -0.2) is 65.2 Å². The van der Waals surface area contributed by atoms with Crippen LogP contribution in [0.25, 0.3) is 0 Å². The van der Waals surface area contributed by atoms with Crippen molar-refractivity contribution in [3.8, 4) is 5.75 Å². The summed E-state index contributed by atoms with van der Waals surface area (Å²) in [5.74, 6) is 0.264. The van der Waals surface area contributed by atoms with E-state index in [1.54, 1.807) is 43.3 Å². The van der Waals surface area contributed by atoms with Gasteiger partial charge in [0.05, 0.1) is 16.6 Å². The van der Waals surface area contributed by atoms with Gasteiger partial charge >= 0.3 is 0 Å². The summed E-state index contributed by atoms with van der Waals surface area (Å²) in [5.41, 5.74) is 0.507. The van der Waals surface area contributed by atoms with Gasteiger partial charge in [0.2, 0.25) is 0 Å². The fraction of sp³-hybridized carbons (Fsp3) is 0.435. The number of halogens is 1. The number of carbonyl (C=O) groups is 1. The van der Waals surface area contributed by atoms with Gasteiger partial charge in [0.15, 0.2) is 0 Å². The minimum atomic E-state index is -3.89. The smallest absolute Gasteiger partial charge is 0.261 e. The lowest BCUT2D eigenvalue weighted by Crippen LogP contribution is -2.44. The highest BCUT2D eigenvalue weighted by atomic mass is 35.5. The molecule has 1 heterocycles. The summed E-state index contributed by atoms with van der Waals surface area (Å²) >= 11 is 5.94. The van der Waals surface area contributed by atoms with Gasteiger partial charge in [-0.25, -0.2) is 8.42 Å². The second-order valence-electron chi connectivity index (χ2n) is 8.33. The Morgan fingerprint density at radius 2 is 1.97 bits per heavy atom. The van der Waals surface area contributed by atoms with Crippen LogP contribution in [0.15, 0.2) is 47.4 Å². The fourth-order valence-electron chi connectivity index (χ4n) is 3.57. The first kappa shape index (κ1) is 25.3. The van der Waals surface area contributed by atoms with Crippen LogP contribution in [0.3, 0.4) is 0 Å². The standard InChI is InChI=1S/C23H30ClN3O5S/c1-15-12-25-16(2)14-32-21-9-8-18(11-20(21)23(28)27(3)13-22(15)31-4)26-33(29,30)19-7-5-6-17(24)10-19/h5-11,15-16,22,25-26H,12-14H2,1-4H3/t15-,16-,22-/m1/s1. The van der Waals surface area contributed by atoms with Crippen molar-refractivity contribution >= 4 is 33.2 Å². The summed E-state index contributed by atoms with van der Waals surface area (Å²) in [6, 6.07) is 10.7. The number of nitrogens with one attached hydrogen (secondary N) is 2. The molecule has 2 aromatic carbocycles. The molecule has 1 amide bonds. The number of fused-ring (bicyclic) bond motifs is 1. The van der Waals surface area contributed by atoms with E-state index in [1.807, 2.05) is 6.92 Å². The van der Waals surface area contributed by atoms with E-state index in [9.17, 15) is 13.2 Å². The molecular formula is C23H30ClN3O5S. The molecule has 0 fully saturated rings. The predicted molar refractivity (Wildman–Crippen MR) is 129 cm³/mol. The molecule has 10 heteroatoms. The highest BCUT2D eigenvalue weighted by Crippen LogP contribution is 2.27. The molecule has 8 nitrogen and oxygen atoms in total. The van der Waals surface area contributed by atoms with Crippen LogP contribution in [0.4, 0.5) is 5.69 Å². The number of amides is 1. The van der Waals surface area contributed by atoms with Crippen molar-refractivity contribution in [1.82, 2.24) is 10.2 Å². The first-order chi connectivity index (χ1) is 15.6. The van der Waals surface area contributed by atoms with Crippen LogP contribution >= 0.6 is 11.6 Å². The van der Waals surface area contributed by atoms with E-state index in [1.165, 1.54) is 18.2 Å². The zero-order chi connectivity index (χ0) is 24.2. The van der Waals surface area contributed by atoms with Gasteiger partial charge in [-0.1, -0.05) is 24.6 Å². The topological polar surface area (TPSA) is 97.0 Å². The fourth-order valence-corrected chi connectivity index (χ4v) is 4.92. The molecule has 0 aromatic heterocycles. The Morgan fingerprint density at radius 1 is 1.21 bits per heavy atom. The lowest BCUT2D eigenvalue weighted by molar-refractivity contribution is 0.0281. The average Bonchev–Trinajstić information content (AvgIpc) is 2.78. The minimum Gasteiger partial charge on any atom is -0.491 e. The molecule has 1 aliphatic heterocycles. The van der Waals surface area contributed by atoms with Gasteiger partial charge in [-0.3, -0.25) is 9.52 Å². The Morgan fingerprint density at radius 3 is 2.67 bits per heavy atom. The SMILES string of the molecule is CO[C@@H]1CN(C)C(=O)c2cc(NS(=O)(=O)c3cccc(Cl)c3)ccc2OC[C@@H](C)NC[C@H]1C. The molecule has 0 spiro atoms. The first-order valence-corrected chi connectivity index (χ1v) is 12.5. The summed E-state index contributed by atoms with van der Waals surface area (Å²) in [6.07, 6.45) is -0.160. The van der Waals surface area contributed by atoms with E-state index in [4.69, 9.17) is 21.1 Å². The van der Waals surface area contributed by atoms with E-state index in [0.29, 0.717) is 23.9 Å². The Hall–Kier alpha value is -2.33. The van der Waals surface area contributed by atoms with Crippen molar-refractivity contribution in [2.45, 2.75) is 30.9 Å². The van der Waals surface area contributed by atoms with Crippen molar-refractivity contribution in [2.75, 3.05) is 38.6 Å². The van der Waals surface area contributed by atoms with Crippen LogP contribution in [-0.2, 0) is 14.8 Å². The molecule has 0 saturated heterocycles. The highest BCUT2D eigenvalue weighted by Gasteiger charge is 2.26. The first-order valence-electron chi connectivity index (χ1n) is 10.7. The molecule has 0 unspecified atom stereocenters. The number of hydrogen-bond acceptors (Lipinski definition) is 6. The molecule has 3 atom stereocenters. The van der Waals surface area contributed by atoms with E-state index in [2.05, 4.69) is 17.0 Å². The maximum Gasteiger partial charge on any atom is 0.261 e. The van der Waals surface area contributed by atoms with Crippen molar-refractivity contribution in [3.63, 3.8) is 0 Å². The lowest BCUT2D eigenvalue weighted by Gasteiger charge is -2.30. The van der Waals surface area contributed by atoms with Gasteiger partial charge in [0.1, 0.15) is 12.4 Å². The van der Waals surface area contributed by atoms with Gasteiger partial charge in [-0.15, -0.1) is 0 Å². The predicted octanol–water partition coefficient (Wildman–Crippen LogP) is 3.23. The summed E-state index contributed by atoms with van der Waals surface area (Å²) in [6.45, 7) is 5.52. The monoisotopic (exact) mass is 495 g/mol. The summed E-state index contributed by atoms with van der Waals surface area (Å²) in [7, 11) is -0.569. The molecule has 0 bridgehead atoms. The van der Waals surface area contributed by atoms with Crippen LogP contribution in [0.1, 0.15) is 24.2 Å². The number of nitrogens with zero attached hydrogens (tertiary/aromatic N) is 1. The van der Waals surface area contributed by atoms with Gasteiger partial charge in [0.25, 0.3) is 15.9 Å². The van der Waals surface area contributed by atoms with Crippen LogP contribution < -0.4 is 14.8 Å². The Balaban J connectivity index is 1.94. The van der Waals surface area contributed by atoms with Crippen LogP contribution in [0.5, 0.6) is 5.75 Å². The third-order valence-electron chi connectivity index (χ3n) is 5.58. The maximum absolute atomic E-state index is 13.3. The van der Waals surface area contributed by atoms with Crippen molar-refractivity contribution in [3.05, 3.63) is 53.1 Å². The largest absolute Gasteiger partial charge is 0.491 e. The number of carbonyl (C=O) groups excluding carboxylic acids is 1. The Bertz CT molecular complexity index is 1100. The second kappa shape index (κ2) is 10.7. The zero-order valence-corrected chi connectivity index (χ0v) is 20.7. The second-order valence-corrected chi connectivity index (χ2v) is 10.5. The summed E-state index contributed by atoms with van der Waals surface area (Å²) in [4.78, 5) is 14.9. The van der Waals surface area contributed by atoms with Gasteiger partial charge in [0, 0.05) is 44.0 Å². The molecule has 3 rings (SSSR count). The molecule has 1 aliphatic rings. The third kappa shape index (κ3) is 6.38. The molecule has 2 aromatic rings. The van der Waals surface area contributed by atoms with Crippen molar-refractivity contribution < 1.29 is 22.7 Å². The zero-order valence-electron chi connectivity index (χ0n) is 19.2. The number of anilines is 1. The molecule has 0 saturated carbocycles. The molecule has 2 N–H and O–H groups in total. The van der Waals surface area contributed by atoms with E-state index in [-0.39, 0.29) is 40.1 Å². The van der Waals surface area contributed by atoms with E-state index >= 15 is 0 Å². The highest BCUT2D eigenvalue weighted by molar-refractivity contribution is 7.92. The number of rotatable bonds is 4. The van der Waals surface area contributed by atoms with Gasteiger partial charge < -0.3 is 19.7 Å². The average molecular weight is 496 g/mol. The van der Waals surface area contributed by atoms with Crippen molar-refractivity contribution in [1.29, 1.82) is 0 Å². The normalized spacial score (nSPS) is 22.5. The van der Waals surface area contributed by atoms with E-state index in [0.717, 1.165) is 6.54 Å². The number of likely N-dealkylation sites (N-methyl/N-ethyl adjacent to an activating group) is 1. The number of hydrogen-bond donors (Lipinski definition) is 2. The number of benzene rings is 2. The summed E-state index contributed by atoms with van der Waals surface area (Å²) in [5, 5.41) is 3.74. The Labute approximate surface area is 200 Å². The quantitative estimate of drug-likeness (QED) is 0.676. The third-order valence-corrected chi connectivity index (χ3v) is 7.20. The minimum absolute atomic E-state index is 0.0271. The van der Waals surface area contributed by atoms with E-state index < -0.39 is 10.0 Å². The number of methoxy groups -OCH3 is 1. The van der Waals surface area contributed by atoms with Gasteiger partial charge in [-0.2, -0.15) is 0 Å². The van der Waals surface area contributed by atoms with Crippen LogP contribution in [0, 0.1) is 5.92 Å². The molecule has 180 valence electrons. The number of sulfonamides is 1. The molecule has 0 aliphatic carbocycles. The molecule has 33 heavy (non-hydrogen) atoms. The molecule has 0 radical (unpaired) electrons. The van der Waals surface area contributed by atoms with Crippen LogP contribution in [0.2, 0.25) is 5.02 Å². The molecular weight excluding hydrogens is 466 g/mol. The maximum atomic E-state index is 13.3. The summed E-state index contributed by atoms with van der Waals surface area (Å²) < 4.78 is 39.7. The number of ether oxygens (including phenoxy) is 2. The van der Waals surface area contributed by atoms with Crippen molar-refractivity contribution in [2.24, 2.45) is 5.92 Å².